The zero-order valence-electron chi connectivity index (χ0n) is 20.3. The predicted molar refractivity (Wildman–Crippen MR) is 117 cm³/mol. The van der Waals surface area contributed by atoms with Gasteiger partial charge in [-0.1, -0.05) is 43.2 Å². The molecule has 1 rings (SSSR count). The van der Waals surface area contributed by atoms with Crippen LogP contribution in [-0.4, -0.2) is 57.0 Å². The molecule has 0 saturated carbocycles. The van der Waals surface area contributed by atoms with Crippen molar-refractivity contribution >= 4 is 23.6 Å². The number of benzene rings is 1. The Morgan fingerprint density at radius 1 is 0.909 bits per heavy atom. The molecule has 9 nitrogen and oxygen atoms in total. The number of amides is 4. The zero-order chi connectivity index (χ0) is 22.9. The molecule has 0 bridgehead atoms. The average molecular weight is 603 g/mol. The van der Waals surface area contributed by atoms with Crippen molar-refractivity contribution in [3.63, 3.8) is 0 Å². The Morgan fingerprint density at radius 2 is 1.58 bits per heavy atom. The normalized spacial score (nSPS) is 9.64. The second-order valence-electron chi connectivity index (χ2n) is 6.91. The molecule has 1 aromatic carbocycles. The van der Waals surface area contributed by atoms with Crippen molar-refractivity contribution in [1.29, 1.82) is 0 Å². The van der Waals surface area contributed by atoms with Gasteiger partial charge in [0.1, 0.15) is 0 Å². The van der Waals surface area contributed by atoms with Crippen LogP contribution in [0.3, 0.4) is 0 Å². The van der Waals surface area contributed by atoms with Crippen molar-refractivity contribution in [2.75, 3.05) is 33.4 Å². The Balaban J connectivity index is 0. The molecule has 0 atom stereocenters. The molecular weight excluding hydrogens is 571 g/mol. The third-order valence-electron chi connectivity index (χ3n) is 4.20. The Bertz CT molecular complexity index is 717. The van der Waals surface area contributed by atoms with Crippen LogP contribution in [0.5, 0.6) is 0 Å². The van der Waals surface area contributed by atoms with Crippen LogP contribution >= 0.6 is 0 Å². The molecule has 0 radical (unpaired) electrons. The van der Waals surface area contributed by atoms with Gasteiger partial charge in [-0.05, 0) is 18.4 Å². The van der Waals surface area contributed by atoms with Crippen molar-refractivity contribution in [1.82, 2.24) is 10.6 Å². The molecule has 0 aliphatic carbocycles. The summed E-state index contributed by atoms with van der Waals surface area (Å²) in [7, 11) is 1.55. The van der Waals surface area contributed by atoms with Crippen LogP contribution in [0.2, 0.25) is 0 Å². The van der Waals surface area contributed by atoms with Gasteiger partial charge in [0, 0.05) is 26.6 Å². The van der Waals surface area contributed by atoms with E-state index in [9.17, 15) is 19.2 Å². The van der Waals surface area contributed by atoms with Crippen molar-refractivity contribution in [2.45, 2.75) is 45.6 Å². The maximum absolute atomic E-state index is 11.9. The molecule has 172 valence electrons. The van der Waals surface area contributed by atoms with E-state index in [1.54, 1.807) is 7.05 Å². The third-order valence-corrected chi connectivity index (χ3v) is 4.20. The molecule has 0 aromatic heterocycles. The summed E-state index contributed by atoms with van der Waals surface area (Å²) in [5.41, 5.74) is 1.68. The summed E-state index contributed by atoms with van der Waals surface area (Å²) in [6.45, 7) is 3.12. The van der Waals surface area contributed by atoms with Crippen LogP contribution < -0.4 is 127 Å². The zero-order valence-corrected chi connectivity index (χ0v) is 30.1. The number of carbonyl (C=O) groups excluding carboxylic acids is 4. The second-order valence-corrected chi connectivity index (χ2v) is 6.91. The molecule has 0 fully saturated rings. The fourth-order valence-corrected chi connectivity index (χ4v) is 2.50. The smallest absolute Gasteiger partial charge is 0.653 e. The van der Waals surface area contributed by atoms with Gasteiger partial charge in [0.25, 0.3) is 0 Å². The Kier molecular flexibility index (Phi) is 25.1. The summed E-state index contributed by atoms with van der Waals surface area (Å²) < 4.78 is 5.26. The molecule has 0 spiro atoms. The largest absolute Gasteiger partial charge is 1.00 e. The van der Waals surface area contributed by atoms with E-state index >= 15 is 0 Å². The number of ether oxygens (including phenoxy) is 1. The Labute approximate surface area is 294 Å². The standard InChI is InChI=1S/C22H34N4O5.2Rb/c1-3-5-20(28)24-11-4-13-31-16-22(30)26-15-18-8-6-17(7-9-18)14-21(29)25-12-10-19(27)23-2;;/h6-9H,3-5,10-16H2,1-2H3,(H4,23,24,25,26,27,28,29,30);;/q;2*+1/p-2. The summed E-state index contributed by atoms with van der Waals surface area (Å²) in [6.07, 6.45) is 2.30. The van der Waals surface area contributed by atoms with Gasteiger partial charge in [0.05, 0.1) is 24.8 Å². The topological polar surface area (TPSA) is 130 Å². The summed E-state index contributed by atoms with van der Waals surface area (Å²) in [6, 6.07) is 7.26. The monoisotopic (exact) mass is 602 g/mol. The fraction of sp³-hybridized carbons (Fsp3) is 0.545. The molecule has 2 N–H and O–H groups in total. The van der Waals surface area contributed by atoms with Gasteiger partial charge in [-0.15, -0.1) is 13.1 Å². The van der Waals surface area contributed by atoms with Gasteiger partial charge in [-0.3, -0.25) is 9.59 Å². The Hall–Kier alpha value is 0.670. The first-order chi connectivity index (χ1) is 14.9. The van der Waals surface area contributed by atoms with Crippen molar-refractivity contribution in [3.8, 4) is 0 Å². The second kappa shape index (κ2) is 23.1. The fourth-order valence-electron chi connectivity index (χ4n) is 2.50. The average Bonchev–Trinajstić information content (AvgIpc) is 2.75. The summed E-state index contributed by atoms with van der Waals surface area (Å²) in [5, 5.41) is 13.0. The summed E-state index contributed by atoms with van der Waals surface area (Å²) in [5.74, 6) is -0.723. The van der Waals surface area contributed by atoms with Crippen LogP contribution in [0.4, 0.5) is 0 Å². The maximum Gasteiger partial charge on any atom is 1.00 e. The van der Waals surface area contributed by atoms with E-state index in [-0.39, 0.29) is 166 Å². The maximum atomic E-state index is 11.9. The first-order valence-corrected chi connectivity index (χ1v) is 10.5. The number of hydrogen-bond acceptors (Lipinski definition) is 5. The molecule has 0 aliphatic rings. The SMILES string of the molecule is CCCC(=O)[N-]CCCOCC(=O)[N-]Cc1ccc(CC(=O)NCCC(=O)NC)cc1.[Rb+].[Rb+]. The van der Waals surface area contributed by atoms with E-state index in [1.165, 1.54) is 0 Å². The molecule has 1 aromatic rings. The quantitative estimate of drug-likeness (QED) is 0.198. The third kappa shape index (κ3) is 19.5. The first kappa shape index (κ1) is 35.8. The number of carbonyl (C=O) groups is 4. The number of nitrogens with zero attached hydrogens (tertiary/aromatic N) is 2. The molecule has 0 heterocycles. The Morgan fingerprint density at radius 3 is 2.21 bits per heavy atom. The van der Waals surface area contributed by atoms with Gasteiger partial charge < -0.3 is 35.6 Å². The molecule has 11 heteroatoms. The molecule has 0 aliphatic heterocycles. The minimum Gasteiger partial charge on any atom is -0.653 e. The van der Waals surface area contributed by atoms with Gasteiger partial charge in [0.2, 0.25) is 11.8 Å². The molecular formula is C22H32N4O5Rb2. The van der Waals surface area contributed by atoms with Crippen LogP contribution in [0.15, 0.2) is 24.3 Å². The molecule has 0 saturated heterocycles. The summed E-state index contributed by atoms with van der Waals surface area (Å²) in [4.78, 5) is 46.0. The van der Waals surface area contributed by atoms with Gasteiger partial charge in [-0.2, -0.15) is 0 Å². The van der Waals surface area contributed by atoms with E-state index < -0.39 is 0 Å². The first-order valence-electron chi connectivity index (χ1n) is 10.5. The molecule has 33 heavy (non-hydrogen) atoms. The minimum absolute atomic E-state index is 0. The minimum atomic E-state index is -0.349. The molecule has 0 unspecified atom stereocenters. The number of nitrogens with one attached hydrogen (secondary N) is 2. The van der Waals surface area contributed by atoms with E-state index in [1.807, 2.05) is 31.2 Å². The van der Waals surface area contributed by atoms with Crippen molar-refractivity contribution in [3.05, 3.63) is 46.0 Å². The number of hydrogen-bond donors (Lipinski definition) is 2. The van der Waals surface area contributed by atoms with E-state index in [4.69, 9.17) is 4.74 Å². The van der Waals surface area contributed by atoms with Crippen molar-refractivity contribution < 1.29 is 140 Å². The van der Waals surface area contributed by atoms with Crippen LogP contribution in [0, 0.1) is 0 Å². The van der Waals surface area contributed by atoms with Crippen LogP contribution in [-0.2, 0) is 36.9 Å². The van der Waals surface area contributed by atoms with Gasteiger partial charge in [0.15, 0.2) is 0 Å². The van der Waals surface area contributed by atoms with Gasteiger partial charge >= 0.3 is 116 Å². The van der Waals surface area contributed by atoms with Crippen LogP contribution in [0.25, 0.3) is 10.6 Å². The number of rotatable bonds is 15. The van der Waals surface area contributed by atoms with E-state index in [0.717, 1.165) is 17.5 Å². The summed E-state index contributed by atoms with van der Waals surface area (Å²) >= 11 is 0. The predicted octanol–water partition coefficient (Wildman–Crippen LogP) is -4.00. The molecule has 4 amide bonds. The van der Waals surface area contributed by atoms with Crippen molar-refractivity contribution in [2.24, 2.45) is 0 Å². The van der Waals surface area contributed by atoms with Gasteiger partial charge in [-0.25, -0.2) is 0 Å². The van der Waals surface area contributed by atoms with E-state index in [0.29, 0.717) is 32.5 Å². The van der Waals surface area contributed by atoms with Crippen LogP contribution in [0.1, 0.15) is 43.7 Å². The van der Waals surface area contributed by atoms with E-state index in [2.05, 4.69) is 21.3 Å².